The summed E-state index contributed by atoms with van der Waals surface area (Å²) in [6, 6.07) is 10.2. The van der Waals surface area contributed by atoms with Crippen molar-refractivity contribution in [3.05, 3.63) is 48.5 Å². The topological polar surface area (TPSA) is 174 Å². The number of ether oxygens (including phenoxy) is 1. The summed E-state index contributed by atoms with van der Waals surface area (Å²) < 4.78 is 73.6. The number of anilines is 1. The van der Waals surface area contributed by atoms with Crippen LogP contribution in [-0.2, 0) is 20.2 Å². The molecule has 0 bridgehead atoms. The summed E-state index contributed by atoms with van der Waals surface area (Å²) in [5, 5.41) is 7.96. The van der Waals surface area contributed by atoms with Crippen molar-refractivity contribution in [3.63, 3.8) is 0 Å². The first-order chi connectivity index (χ1) is 13.5. The number of azo groups is 1. The zero-order valence-corrected chi connectivity index (χ0v) is 22.4. The molecule has 0 unspecified atom stereocenters. The van der Waals surface area contributed by atoms with Gasteiger partial charge in [0.2, 0.25) is 0 Å². The number of rotatable bonds is 5. The molecule has 10 nitrogen and oxygen atoms in total. The molecule has 0 aliphatic carbocycles. The van der Waals surface area contributed by atoms with Crippen LogP contribution in [0, 0.1) is 0 Å². The number of hydrogen-bond donors (Lipinski definition) is 1. The first kappa shape index (κ1) is 28.0. The molecule has 0 radical (unpaired) electrons. The normalized spacial score (nSPS) is 11.7. The number of hydrogen-bond acceptors (Lipinski definition) is 10. The van der Waals surface area contributed by atoms with Crippen LogP contribution in [0.2, 0.25) is 0 Å². The molecule has 0 heterocycles. The molecule has 0 saturated carbocycles. The average molecular weight is 481 g/mol. The molecular formula is C17H13N3Na2O7S2. The van der Waals surface area contributed by atoms with Crippen molar-refractivity contribution < 1.29 is 89.8 Å². The Morgan fingerprint density at radius 3 is 1.97 bits per heavy atom. The molecule has 152 valence electrons. The molecule has 2 N–H and O–H groups in total. The van der Waals surface area contributed by atoms with Crippen molar-refractivity contribution in [2.45, 2.75) is 9.79 Å². The third-order valence-electron chi connectivity index (χ3n) is 3.93. The van der Waals surface area contributed by atoms with E-state index in [1.165, 1.54) is 25.3 Å². The quantitative estimate of drug-likeness (QED) is 0.170. The second-order valence-electron chi connectivity index (χ2n) is 5.86. The van der Waals surface area contributed by atoms with E-state index in [0.717, 1.165) is 6.07 Å². The van der Waals surface area contributed by atoms with Crippen LogP contribution in [0.5, 0.6) is 5.75 Å². The summed E-state index contributed by atoms with van der Waals surface area (Å²) in [6.07, 6.45) is 0. The van der Waals surface area contributed by atoms with Gasteiger partial charge in [0.1, 0.15) is 26.0 Å². The summed E-state index contributed by atoms with van der Waals surface area (Å²) >= 11 is 0. The predicted molar refractivity (Wildman–Crippen MR) is 101 cm³/mol. The minimum Gasteiger partial charge on any atom is -0.744 e. The minimum absolute atomic E-state index is 0. The van der Waals surface area contributed by atoms with E-state index in [1.54, 1.807) is 18.2 Å². The third kappa shape index (κ3) is 6.71. The maximum absolute atomic E-state index is 11.6. The van der Waals surface area contributed by atoms with Crippen LogP contribution in [0.3, 0.4) is 0 Å². The standard InChI is InChI=1S/C17H15N3O7S2.2Na/c1-27-16-8-12(4-5-15(16)18)20-19-11-3-2-10-6-13(28(21,22)23)9-17(14(10)7-11)29(24,25)26;;/h2-9H,18H2,1H3,(H,21,22,23)(H,24,25,26);;/q;2*+1/p-2. The van der Waals surface area contributed by atoms with Crippen molar-refractivity contribution in [2.24, 2.45) is 10.2 Å². The fourth-order valence-corrected chi connectivity index (χ4v) is 3.90. The Morgan fingerprint density at radius 1 is 0.839 bits per heavy atom. The van der Waals surface area contributed by atoms with E-state index in [2.05, 4.69) is 10.2 Å². The number of fused-ring (bicyclic) bond motifs is 1. The first-order valence-electron chi connectivity index (χ1n) is 7.84. The number of methoxy groups -OCH3 is 1. The minimum atomic E-state index is -5.07. The van der Waals surface area contributed by atoms with E-state index < -0.39 is 30.0 Å². The van der Waals surface area contributed by atoms with Crippen LogP contribution in [-0.4, -0.2) is 33.1 Å². The Kier molecular flexibility index (Phi) is 9.66. The number of benzene rings is 3. The van der Waals surface area contributed by atoms with E-state index in [0.29, 0.717) is 23.2 Å². The van der Waals surface area contributed by atoms with Crippen LogP contribution in [0.1, 0.15) is 0 Å². The van der Waals surface area contributed by atoms with E-state index in [-0.39, 0.29) is 75.6 Å². The van der Waals surface area contributed by atoms with E-state index in [9.17, 15) is 25.9 Å². The average Bonchev–Trinajstić information content (AvgIpc) is 2.64. The van der Waals surface area contributed by atoms with Gasteiger partial charge in [-0.25, -0.2) is 16.8 Å². The van der Waals surface area contributed by atoms with Gasteiger partial charge in [0.05, 0.1) is 34.0 Å². The smallest absolute Gasteiger partial charge is 0.744 e. The Balaban J connectivity index is 0.00000240. The molecule has 3 rings (SSSR count). The zero-order chi connectivity index (χ0) is 21.4. The van der Waals surface area contributed by atoms with Gasteiger partial charge in [0, 0.05) is 11.5 Å². The van der Waals surface area contributed by atoms with Gasteiger partial charge in [0.25, 0.3) is 0 Å². The Morgan fingerprint density at radius 2 is 1.42 bits per heavy atom. The Labute approximate surface area is 223 Å². The summed E-state index contributed by atoms with van der Waals surface area (Å²) in [5.74, 6) is 0.394. The summed E-state index contributed by atoms with van der Waals surface area (Å²) in [6.45, 7) is 0. The molecule has 0 fully saturated rings. The molecule has 0 saturated heterocycles. The van der Waals surface area contributed by atoms with Crippen molar-refractivity contribution in [3.8, 4) is 5.75 Å². The monoisotopic (exact) mass is 481 g/mol. The van der Waals surface area contributed by atoms with Crippen LogP contribution in [0.15, 0.2) is 68.6 Å². The van der Waals surface area contributed by atoms with E-state index in [4.69, 9.17) is 10.5 Å². The Bertz CT molecular complexity index is 1360. The molecule has 0 spiro atoms. The van der Waals surface area contributed by atoms with Gasteiger partial charge in [0.15, 0.2) is 0 Å². The maximum Gasteiger partial charge on any atom is 1.00 e. The van der Waals surface area contributed by atoms with E-state index in [1.807, 2.05) is 0 Å². The van der Waals surface area contributed by atoms with Crippen LogP contribution < -0.4 is 69.6 Å². The van der Waals surface area contributed by atoms with Gasteiger partial charge in [-0.1, -0.05) is 6.07 Å². The zero-order valence-electron chi connectivity index (χ0n) is 16.8. The van der Waals surface area contributed by atoms with Crippen LogP contribution in [0.25, 0.3) is 10.8 Å². The molecule has 3 aromatic rings. The summed E-state index contributed by atoms with van der Waals surface area (Å²) in [4.78, 5) is -1.65. The first-order valence-corrected chi connectivity index (χ1v) is 10.7. The number of nitrogens with two attached hydrogens (primary N) is 1. The second-order valence-corrected chi connectivity index (χ2v) is 8.59. The van der Waals surface area contributed by atoms with Gasteiger partial charge in [-0.05, 0) is 41.8 Å². The van der Waals surface area contributed by atoms with Gasteiger partial charge >= 0.3 is 59.1 Å². The molecule has 3 aromatic carbocycles. The molecule has 0 aliphatic rings. The maximum atomic E-state index is 11.6. The summed E-state index contributed by atoms with van der Waals surface area (Å²) in [5.41, 5.74) is 6.72. The molecule has 14 heteroatoms. The van der Waals surface area contributed by atoms with Crippen molar-refractivity contribution in [2.75, 3.05) is 12.8 Å². The molecule has 0 atom stereocenters. The van der Waals surface area contributed by atoms with Crippen molar-refractivity contribution in [1.82, 2.24) is 0 Å². The number of nitrogens with zero attached hydrogens (tertiary/aromatic N) is 2. The van der Waals surface area contributed by atoms with E-state index >= 15 is 0 Å². The van der Waals surface area contributed by atoms with Gasteiger partial charge < -0.3 is 19.6 Å². The van der Waals surface area contributed by atoms with Gasteiger partial charge in [-0.3, -0.25) is 0 Å². The predicted octanol–water partition coefficient (Wildman–Crippen LogP) is -3.34. The van der Waals surface area contributed by atoms with Gasteiger partial charge in [-0.15, -0.1) is 0 Å². The van der Waals surface area contributed by atoms with Crippen LogP contribution >= 0.6 is 0 Å². The fourth-order valence-electron chi connectivity index (χ4n) is 2.58. The van der Waals surface area contributed by atoms with Crippen LogP contribution in [0.4, 0.5) is 17.1 Å². The molecule has 0 amide bonds. The van der Waals surface area contributed by atoms with Gasteiger partial charge in [-0.2, -0.15) is 10.2 Å². The SMILES string of the molecule is COc1cc(N=Nc2ccc3cc(S(=O)(=O)[O-])cc(S(=O)(=O)[O-])c3c2)ccc1N.[Na+].[Na+]. The van der Waals surface area contributed by atoms with Crippen molar-refractivity contribution in [1.29, 1.82) is 0 Å². The molecule has 31 heavy (non-hydrogen) atoms. The Hall–Kier alpha value is -1.06. The third-order valence-corrected chi connectivity index (χ3v) is 5.62. The molecular weight excluding hydrogens is 468 g/mol. The second kappa shape index (κ2) is 10.7. The molecule has 0 aromatic heterocycles. The summed E-state index contributed by atoms with van der Waals surface area (Å²) in [7, 11) is -8.59. The van der Waals surface area contributed by atoms with Crippen molar-refractivity contribution >= 4 is 48.1 Å². The largest absolute Gasteiger partial charge is 1.00 e. The fraction of sp³-hybridized carbons (Fsp3) is 0.0588. The number of nitrogen functional groups attached to an aromatic ring is 1. The molecule has 0 aliphatic heterocycles.